The van der Waals surface area contributed by atoms with Crippen LogP contribution in [0.4, 0.5) is 0 Å². The van der Waals surface area contributed by atoms with E-state index in [1.165, 1.54) is 0 Å². The highest BCUT2D eigenvalue weighted by Gasteiger charge is 2.78. The van der Waals surface area contributed by atoms with Crippen molar-refractivity contribution in [2.45, 2.75) is 81.4 Å². The summed E-state index contributed by atoms with van der Waals surface area (Å²) in [6.45, 7) is 17.1. The van der Waals surface area contributed by atoms with Gasteiger partial charge in [-0.2, -0.15) is 0 Å². The van der Waals surface area contributed by atoms with Crippen molar-refractivity contribution < 1.29 is 19.5 Å². The molecule has 3 aliphatic rings. The zero-order chi connectivity index (χ0) is 26.8. The maximum atomic E-state index is 14.4. The Morgan fingerprint density at radius 2 is 1.89 bits per heavy atom. The molecular formula is C28H45N3O4S. The van der Waals surface area contributed by atoms with Gasteiger partial charge in [-0.1, -0.05) is 45.8 Å². The molecule has 3 rings (SSSR count). The second kappa shape index (κ2) is 11.3. The van der Waals surface area contributed by atoms with Crippen molar-refractivity contribution in [1.82, 2.24) is 14.7 Å². The fraction of sp³-hybridized carbons (Fsp3) is 0.750. The first-order valence-electron chi connectivity index (χ1n) is 13.5. The zero-order valence-corrected chi connectivity index (χ0v) is 23.6. The van der Waals surface area contributed by atoms with E-state index < -0.39 is 33.4 Å². The number of aliphatic hydroxyl groups excluding tert-OH is 1. The number of fused-ring (bicyclic) bond motifs is 1. The van der Waals surface area contributed by atoms with Gasteiger partial charge < -0.3 is 19.8 Å². The van der Waals surface area contributed by atoms with E-state index in [1.807, 2.05) is 18.7 Å². The number of rotatable bonds is 13. The van der Waals surface area contributed by atoms with Crippen LogP contribution in [-0.2, 0) is 14.4 Å². The number of carbonyl (C=O) groups is 3. The maximum absolute atomic E-state index is 14.4. The Labute approximate surface area is 221 Å². The summed E-state index contributed by atoms with van der Waals surface area (Å²) in [6.07, 6.45) is 7.50. The molecule has 3 fully saturated rings. The number of amides is 3. The highest BCUT2D eigenvalue weighted by molar-refractivity contribution is 8.02. The third kappa shape index (κ3) is 4.53. The molecule has 3 heterocycles. The number of likely N-dealkylation sites (tertiary alicyclic amines) is 1. The summed E-state index contributed by atoms with van der Waals surface area (Å²) >= 11 is 1.68. The average Bonchev–Trinajstić information content (AvgIpc) is 3.42. The summed E-state index contributed by atoms with van der Waals surface area (Å²) in [5.74, 6) is -1.36. The van der Waals surface area contributed by atoms with E-state index in [2.05, 4.69) is 27.0 Å². The number of thioether (sulfide) groups is 1. The van der Waals surface area contributed by atoms with Crippen LogP contribution in [0.2, 0.25) is 0 Å². The van der Waals surface area contributed by atoms with Gasteiger partial charge in [0.25, 0.3) is 0 Å². The number of carbonyl (C=O) groups excluding carboxylic acids is 3. The van der Waals surface area contributed by atoms with Gasteiger partial charge in [-0.25, -0.2) is 0 Å². The molecule has 7 atom stereocenters. The number of hydrogen-bond acceptors (Lipinski definition) is 5. The number of nitrogens with zero attached hydrogens (tertiary/aromatic N) is 3. The standard InChI is InChI=1S/C28H45N3O4S/c1-8-12-17-30(16-10-3)26(35)23-28-14-13-27(6,36-28)21(24(33)29(7)15-9-2)22(28)25(34)31(23)20(18-32)19(5)11-4/h9-10,19-23,32H,2-3,8,11-18H2,1,4-7H3/t19-,20-,21+,22-,23?,27-,28?/m0/s1. The third-order valence-corrected chi connectivity index (χ3v) is 10.8. The minimum atomic E-state index is -0.702. The Balaban J connectivity index is 2.14. The molecular weight excluding hydrogens is 474 g/mol. The van der Waals surface area contributed by atoms with Crippen molar-refractivity contribution >= 4 is 29.5 Å². The second-order valence-corrected chi connectivity index (χ2v) is 12.9. The Morgan fingerprint density at radius 3 is 2.44 bits per heavy atom. The molecule has 0 aromatic rings. The van der Waals surface area contributed by atoms with E-state index in [0.717, 1.165) is 25.7 Å². The van der Waals surface area contributed by atoms with Gasteiger partial charge in [-0.15, -0.1) is 24.9 Å². The van der Waals surface area contributed by atoms with Crippen molar-refractivity contribution in [3.63, 3.8) is 0 Å². The number of unbranched alkanes of at least 4 members (excludes halogenated alkanes) is 1. The molecule has 0 radical (unpaired) electrons. The SMILES string of the molecule is C=CCN(C)C(=O)[C@H]1[C@H]2C(=O)N([C@@H](CO)[C@@H](C)CC)C(C(=O)N(CC=C)CCCC)C23CC[C@]1(C)S3. The molecule has 0 aromatic heterocycles. The molecule has 2 bridgehead atoms. The molecule has 0 aliphatic carbocycles. The predicted molar refractivity (Wildman–Crippen MR) is 145 cm³/mol. The molecule has 2 unspecified atom stereocenters. The Kier molecular flexibility index (Phi) is 9.03. The minimum Gasteiger partial charge on any atom is -0.394 e. The van der Waals surface area contributed by atoms with E-state index in [-0.39, 0.29) is 30.2 Å². The van der Waals surface area contributed by atoms with Crippen molar-refractivity contribution in [3.05, 3.63) is 25.3 Å². The molecule has 0 saturated carbocycles. The normalized spacial score (nSPS) is 32.2. The van der Waals surface area contributed by atoms with Gasteiger partial charge in [-0.3, -0.25) is 14.4 Å². The van der Waals surface area contributed by atoms with Crippen LogP contribution in [0.15, 0.2) is 25.3 Å². The monoisotopic (exact) mass is 519 g/mol. The van der Waals surface area contributed by atoms with Gasteiger partial charge in [0.15, 0.2) is 0 Å². The molecule has 8 heteroatoms. The topological polar surface area (TPSA) is 81.2 Å². The van der Waals surface area contributed by atoms with Crippen molar-refractivity contribution in [1.29, 1.82) is 0 Å². The Bertz CT molecular complexity index is 881. The van der Waals surface area contributed by atoms with Crippen LogP contribution in [0.1, 0.15) is 59.8 Å². The molecule has 1 N–H and O–H groups in total. The third-order valence-electron chi connectivity index (χ3n) is 8.78. The van der Waals surface area contributed by atoms with Crippen LogP contribution in [0, 0.1) is 17.8 Å². The van der Waals surface area contributed by atoms with Crippen LogP contribution in [0.25, 0.3) is 0 Å². The molecule has 3 saturated heterocycles. The largest absolute Gasteiger partial charge is 0.394 e. The Morgan fingerprint density at radius 1 is 1.22 bits per heavy atom. The molecule has 7 nitrogen and oxygen atoms in total. The summed E-state index contributed by atoms with van der Waals surface area (Å²) in [4.78, 5) is 47.6. The minimum absolute atomic E-state index is 0.0170. The fourth-order valence-electron chi connectivity index (χ4n) is 6.68. The summed E-state index contributed by atoms with van der Waals surface area (Å²) in [5, 5.41) is 10.5. The van der Waals surface area contributed by atoms with Crippen molar-refractivity contribution in [2.75, 3.05) is 33.3 Å². The first kappa shape index (κ1) is 28.8. The van der Waals surface area contributed by atoms with Gasteiger partial charge in [-0.05, 0) is 32.1 Å². The average molecular weight is 520 g/mol. The van der Waals surface area contributed by atoms with E-state index in [9.17, 15) is 19.5 Å². The molecule has 3 aliphatic heterocycles. The first-order chi connectivity index (χ1) is 17.1. The predicted octanol–water partition coefficient (Wildman–Crippen LogP) is 3.33. The number of likely N-dealkylation sites (N-methyl/N-ethyl adjacent to an activating group) is 1. The molecule has 3 amide bonds. The molecule has 202 valence electrons. The van der Waals surface area contributed by atoms with E-state index in [0.29, 0.717) is 26.1 Å². The van der Waals surface area contributed by atoms with E-state index in [4.69, 9.17) is 0 Å². The zero-order valence-electron chi connectivity index (χ0n) is 22.7. The van der Waals surface area contributed by atoms with Crippen molar-refractivity contribution in [3.8, 4) is 0 Å². The lowest BCUT2D eigenvalue weighted by molar-refractivity contribution is -0.148. The summed E-state index contributed by atoms with van der Waals surface area (Å²) in [5.41, 5.74) is 0. The molecule has 36 heavy (non-hydrogen) atoms. The summed E-state index contributed by atoms with van der Waals surface area (Å²) < 4.78 is -1.08. The van der Waals surface area contributed by atoms with Crippen LogP contribution in [-0.4, -0.2) is 92.4 Å². The summed E-state index contributed by atoms with van der Waals surface area (Å²) in [7, 11) is 1.75. The second-order valence-electron chi connectivity index (χ2n) is 11.0. The lowest BCUT2D eigenvalue weighted by Gasteiger charge is -2.41. The van der Waals surface area contributed by atoms with Gasteiger partial charge in [0, 0.05) is 31.4 Å². The fourth-order valence-corrected chi connectivity index (χ4v) is 9.01. The van der Waals surface area contributed by atoms with Crippen LogP contribution in [0.5, 0.6) is 0 Å². The lowest BCUT2D eigenvalue weighted by atomic mass is 9.66. The van der Waals surface area contributed by atoms with Gasteiger partial charge >= 0.3 is 0 Å². The van der Waals surface area contributed by atoms with E-state index in [1.54, 1.807) is 40.8 Å². The van der Waals surface area contributed by atoms with Crippen LogP contribution >= 0.6 is 11.8 Å². The van der Waals surface area contributed by atoms with Gasteiger partial charge in [0.05, 0.1) is 29.2 Å². The van der Waals surface area contributed by atoms with Gasteiger partial charge in [0.1, 0.15) is 6.04 Å². The van der Waals surface area contributed by atoms with Crippen LogP contribution in [0.3, 0.4) is 0 Å². The highest BCUT2D eigenvalue weighted by Crippen LogP contribution is 2.72. The number of hydrogen-bond donors (Lipinski definition) is 1. The van der Waals surface area contributed by atoms with E-state index >= 15 is 0 Å². The quantitative estimate of drug-likeness (QED) is 0.378. The first-order valence-corrected chi connectivity index (χ1v) is 14.3. The van der Waals surface area contributed by atoms with Gasteiger partial charge in [0.2, 0.25) is 17.7 Å². The smallest absolute Gasteiger partial charge is 0.247 e. The Hall–Kier alpha value is -1.80. The molecule has 0 aromatic carbocycles. The highest BCUT2D eigenvalue weighted by atomic mass is 32.2. The maximum Gasteiger partial charge on any atom is 0.247 e. The van der Waals surface area contributed by atoms with Crippen LogP contribution < -0.4 is 0 Å². The van der Waals surface area contributed by atoms with Crippen molar-refractivity contribution in [2.24, 2.45) is 17.8 Å². The molecule has 1 spiro atoms. The number of aliphatic hydroxyl groups is 1. The summed E-state index contributed by atoms with van der Waals surface area (Å²) in [6, 6.07) is -1.17. The lowest BCUT2D eigenvalue weighted by Crippen LogP contribution is -2.58.